The normalized spacial score (nSPS) is 10.4. The van der Waals surface area contributed by atoms with E-state index in [-0.39, 0.29) is 16.9 Å². The number of carbonyl (C=O) groups is 3. The van der Waals surface area contributed by atoms with Crippen molar-refractivity contribution in [2.24, 2.45) is 0 Å². The van der Waals surface area contributed by atoms with Gasteiger partial charge < -0.3 is 4.42 Å². The summed E-state index contributed by atoms with van der Waals surface area (Å²) in [7, 11) is 0. The Morgan fingerprint density at radius 1 is 0.821 bits per heavy atom. The summed E-state index contributed by atoms with van der Waals surface area (Å²) < 4.78 is 6.16. The molecule has 6 nitrogen and oxygen atoms in total. The second-order valence-corrected chi connectivity index (χ2v) is 7.03. The van der Waals surface area contributed by atoms with Crippen molar-refractivity contribution >= 4 is 33.5 Å². The number of halogens is 1. The molecule has 0 saturated carbocycles. The molecule has 0 radical (unpaired) electrons. The first kappa shape index (κ1) is 19.6. The topological polar surface area (TPSA) is 88.4 Å². The van der Waals surface area contributed by atoms with Crippen LogP contribution in [-0.4, -0.2) is 17.6 Å². The molecular weight excluding hydrogens is 424 g/mol. The molecule has 0 unspecified atom stereocenters. The van der Waals surface area contributed by atoms with Crippen LogP contribution < -0.4 is 10.9 Å². The number of amides is 2. The zero-order valence-electron chi connectivity index (χ0n) is 15.2. The van der Waals surface area contributed by atoms with Gasteiger partial charge in [0.25, 0.3) is 11.8 Å². The summed E-state index contributed by atoms with van der Waals surface area (Å²) >= 11 is 3.33. The van der Waals surface area contributed by atoms with Crippen molar-refractivity contribution in [2.45, 2.75) is 13.8 Å². The number of furan rings is 1. The van der Waals surface area contributed by atoms with Gasteiger partial charge in [0.05, 0.1) is 11.1 Å². The van der Waals surface area contributed by atoms with Gasteiger partial charge in [-0.1, -0.05) is 34.1 Å². The number of hydrogen-bond donors (Lipinski definition) is 2. The van der Waals surface area contributed by atoms with Gasteiger partial charge in [0.15, 0.2) is 5.78 Å². The van der Waals surface area contributed by atoms with E-state index >= 15 is 0 Å². The van der Waals surface area contributed by atoms with Gasteiger partial charge in [-0.3, -0.25) is 25.2 Å². The molecule has 142 valence electrons. The predicted molar refractivity (Wildman–Crippen MR) is 107 cm³/mol. The van der Waals surface area contributed by atoms with E-state index in [0.29, 0.717) is 22.6 Å². The molecule has 0 aliphatic carbocycles. The minimum Gasteiger partial charge on any atom is -0.466 e. The summed E-state index contributed by atoms with van der Waals surface area (Å²) in [6.07, 6.45) is 0. The van der Waals surface area contributed by atoms with E-state index in [4.69, 9.17) is 4.42 Å². The average molecular weight is 441 g/mol. The fourth-order valence-electron chi connectivity index (χ4n) is 2.74. The van der Waals surface area contributed by atoms with Crippen LogP contribution in [0.4, 0.5) is 0 Å². The number of aryl methyl sites for hydroxylation is 2. The molecule has 2 aromatic carbocycles. The Bertz CT molecular complexity index is 1050. The average Bonchev–Trinajstić information content (AvgIpc) is 3.04. The van der Waals surface area contributed by atoms with Gasteiger partial charge in [0, 0.05) is 15.6 Å². The second-order valence-electron chi connectivity index (χ2n) is 6.12. The van der Waals surface area contributed by atoms with E-state index in [1.54, 1.807) is 62.4 Å². The number of hydrogen-bond acceptors (Lipinski definition) is 4. The number of benzene rings is 2. The number of ketones is 1. The summed E-state index contributed by atoms with van der Waals surface area (Å²) in [6, 6.07) is 14.9. The van der Waals surface area contributed by atoms with Gasteiger partial charge in [-0.25, -0.2) is 0 Å². The summed E-state index contributed by atoms with van der Waals surface area (Å²) in [4.78, 5) is 37.6. The Kier molecular flexibility index (Phi) is 5.75. The largest absolute Gasteiger partial charge is 0.466 e. The maximum Gasteiger partial charge on any atom is 0.273 e. The SMILES string of the molecule is Cc1cc(C(=O)NNC(=O)c2ccccc2C(=O)c2ccc(Br)cc2)c(C)o1. The van der Waals surface area contributed by atoms with Crippen LogP contribution >= 0.6 is 15.9 Å². The van der Waals surface area contributed by atoms with E-state index < -0.39 is 11.8 Å². The van der Waals surface area contributed by atoms with Gasteiger partial charge >= 0.3 is 0 Å². The Balaban J connectivity index is 1.77. The van der Waals surface area contributed by atoms with Gasteiger partial charge in [0.2, 0.25) is 0 Å². The first-order chi connectivity index (χ1) is 13.4. The molecule has 7 heteroatoms. The molecule has 1 aromatic heterocycles. The minimum absolute atomic E-state index is 0.163. The predicted octanol–water partition coefficient (Wildman–Crippen LogP) is 3.96. The van der Waals surface area contributed by atoms with Gasteiger partial charge in [-0.15, -0.1) is 0 Å². The number of rotatable bonds is 4. The van der Waals surface area contributed by atoms with E-state index in [1.807, 2.05) is 0 Å². The Morgan fingerprint density at radius 3 is 1.96 bits per heavy atom. The van der Waals surface area contributed by atoms with Crippen LogP contribution in [0.3, 0.4) is 0 Å². The Hall–Kier alpha value is -3.19. The highest BCUT2D eigenvalue weighted by atomic mass is 79.9. The molecule has 0 aliphatic heterocycles. The molecule has 0 saturated heterocycles. The molecule has 0 bridgehead atoms. The standard InChI is InChI=1S/C21H17BrN2O4/c1-12-11-18(13(2)28-12)21(27)24-23-20(26)17-6-4-3-5-16(17)19(25)14-7-9-15(22)10-8-14/h3-11H,1-2H3,(H,23,26)(H,24,27). The molecule has 0 fully saturated rings. The lowest BCUT2D eigenvalue weighted by Crippen LogP contribution is -2.42. The third kappa shape index (κ3) is 4.20. The van der Waals surface area contributed by atoms with Crippen molar-refractivity contribution in [1.29, 1.82) is 0 Å². The molecular formula is C21H17BrN2O4. The summed E-state index contributed by atoms with van der Waals surface area (Å²) in [5.41, 5.74) is 5.89. The fourth-order valence-corrected chi connectivity index (χ4v) is 3.00. The molecule has 3 aromatic rings. The van der Waals surface area contributed by atoms with Gasteiger partial charge in [-0.05, 0) is 50.2 Å². The third-order valence-electron chi connectivity index (χ3n) is 4.10. The number of carbonyl (C=O) groups excluding carboxylic acids is 3. The van der Waals surface area contributed by atoms with Crippen LogP contribution in [0.1, 0.15) is 48.2 Å². The van der Waals surface area contributed by atoms with Crippen molar-refractivity contribution in [3.05, 3.63) is 92.8 Å². The van der Waals surface area contributed by atoms with E-state index in [9.17, 15) is 14.4 Å². The van der Waals surface area contributed by atoms with E-state index in [1.165, 1.54) is 6.07 Å². The van der Waals surface area contributed by atoms with E-state index in [0.717, 1.165) is 4.47 Å². The third-order valence-corrected chi connectivity index (χ3v) is 4.63. The van der Waals surface area contributed by atoms with Crippen molar-refractivity contribution in [3.63, 3.8) is 0 Å². The Morgan fingerprint density at radius 2 is 1.39 bits per heavy atom. The monoisotopic (exact) mass is 440 g/mol. The maximum atomic E-state index is 12.8. The first-order valence-corrected chi connectivity index (χ1v) is 9.23. The van der Waals surface area contributed by atoms with Gasteiger partial charge in [0.1, 0.15) is 11.5 Å². The van der Waals surface area contributed by atoms with Crippen LogP contribution in [0.2, 0.25) is 0 Å². The highest BCUT2D eigenvalue weighted by Crippen LogP contribution is 2.17. The molecule has 3 rings (SSSR count). The molecule has 28 heavy (non-hydrogen) atoms. The maximum absolute atomic E-state index is 12.8. The summed E-state index contributed by atoms with van der Waals surface area (Å²) in [5.74, 6) is -0.327. The van der Waals surface area contributed by atoms with Crippen LogP contribution in [0.25, 0.3) is 0 Å². The van der Waals surface area contributed by atoms with E-state index in [2.05, 4.69) is 26.8 Å². The molecule has 0 spiro atoms. The highest BCUT2D eigenvalue weighted by Gasteiger charge is 2.19. The molecule has 2 N–H and O–H groups in total. The van der Waals surface area contributed by atoms with Gasteiger partial charge in [-0.2, -0.15) is 0 Å². The quantitative estimate of drug-likeness (QED) is 0.474. The number of hydrazine groups is 1. The van der Waals surface area contributed by atoms with Crippen LogP contribution in [0, 0.1) is 13.8 Å². The van der Waals surface area contributed by atoms with Crippen molar-refractivity contribution < 1.29 is 18.8 Å². The lowest BCUT2D eigenvalue weighted by Gasteiger charge is -2.10. The van der Waals surface area contributed by atoms with Crippen molar-refractivity contribution in [1.82, 2.24) is 10.9 Å². The van der Waals surface area contributed by atoms with Crippen LogP contribution in [-0.2, 0) is 0 Å². The lowest BCUT2D eigenvalue weighted by atomic mass is 9.98. The second kappa shape index (κ2) is 8.22. The Labute approximate surface area is 170 Å². The summed E-state index contributed by atoms with van der Waals surface area (Å²) in [5, 5.41) is 0. The van der Waals surface area contributed by atoms with Crippen LogP contribution in [0.5, 0.6) is 0 Å². The minimum atomic E-state index is -0.590. The first-order valence-electron chi connectivity index (χ1n) is 8.44. The van der Waals surface area contributed by atoms with Crippen LogP contribution in [0.15, 0.2) is 63.5 Å². The fraction of sp³-hybridized carbons (Fsp3) is 0.0952. The molecule has 0 atom stereocenters. The zero-order valence-corrected chi connectivity index (χ0v) is 16.8. The molecule has 1 heterocycles. The van der Waals surface area contributed by atoms with Crippen molar-refractivity contribution in [3.8, 4) is 0 Å². The zero-order chi connectivity index (χ0) is 20.3. The number of nitrogens with one attached hydrogen (secondary N) is 2. The molecule has 2 amide bonds. The highest BCUT2D eigenvalue weighted by molar-refractivity contribution is 9.10. The smallest absolute Gasteiger partial charge is 0.273 e. The molecule has 0 aliphatic rings. The lowest BCUT2D eigenvalue weighted by molar-refractivity contribution is 0.0844. The summed E-state index contributed by atoms with van der Waals surface area (Å²) in [6.45, 7) is 3.39. The van der Waals surface area contributed by atoms with Crippen molar-refractivity contribution in [2.75, 3.05) is 0 Å².